The van der Waals surface area contributed by atoms with Gasteiger partial charge in [-0.1, -0.05) is 41.5 Å². The summed E-state index contributed by atoms with van der Waals surface area (Å²) in [5, 5.41) is 0. The van der Waals surface area contributed by atoms with Crippen molar-refractivity contribution in [1.82, 2.24) is 0 Å². The Labute approximate surface area is 281 Å². The molecule has 0 heterocycles. The molecule has 0 spiro atoms. The van der Waals surface area contributed by atoms with Crippen molar-refractivity contribution in [2.75, 3.05) is 0 Å². The second-order valence-corrected chi connectivity index (χ2v) is 15.6. The van der Waals surface area contributed by atoms with Crippen LogP contribution in [0.3, 0.4) is 0 Å². The minimum atomic E-state index is 0.740. The third-order valence-electron chi connectivity index (χ3n) is 11.3. The van der Waals surface area contributed by atoms with Crippen LogP contribution in [0.25, 0.3) is 0 Å². The highest BCUT2D eigenvalue weighted by Gasteiger charge is 2.15. The van der Waals surface area contributed by atoms with Gasteiger partial charge in [-0.3, -0.25) is 0 Å². The van der Waals surface area contributed by atoms with Gasteiger partial charge in [0.2, 0.25) is 0 Å². The molecule has 0 heteroatoms. The maximum atomic E-state index is 2.30. The Morgan fingerprint density at radius 2 is 0.333 bits per heavy atom. The number of rotatable bonds is 6. The molecular weight excluding hydrogens is 540 g/mol. The molecule has 252 valence electrons. The zero-order chi connectivity index (χ0) is 35.2. The Bertz CT molecular complexity index is 1200. The van der Waals surface area contributed by atoms with E-state index in [0.29, 0.717) is 0 Å². The molecule has 3 rings (SSSR count). The molecule has 0 nitrogen and oxygen atoms in total. The smallest absolute Gasteiger partial charge is 0.0250 e. The van der Waals surface area contributed by atoms with Crippen molar-refractivity contribution in [2.24, 2.45) is 17.8 Å². The molecule has 0 saturated carbocycles. The van der Waals surface area contributed by atoms with Crippen LogP contribution in [0, 0.1) is 122 Å². The highest BCUT2D eigenvalue weighted by molar-refractivity contribution is 5.51. The van der Waals surface area contributed by atoms with Crippen molar-refractivity contribution in [2.45, 2.75) is 165 Å². The Kier molecular flexibility index (Phi) is 15.4. The van der Waals surface area contributed by atoms with E-state index in [9.17, 15) is 0 Å². The van der Waals surface area contributed by atoms with Crippen molar-refractivity contribution in [3.8, 4) is 0 Å². The van der Waals surface area contributed by atoms with Gasteiger partial charge < -0.3 is 0 Å². The van der Waals surface area contributed by atoms with Crippen LogP contribution >= 0.6 is 0 Å². The highest BCUT2D eigenvalue weighted by Crippen LogP contribution is 2.30. The van der Waals surface area contributed by atoms with E-state index >= 15 is 0 Å². The van der Waals surface area contributed by atoms with Gasteiger partial charge in [0.05, 0.1) is 0 Å². The minimum Gasteiger partial charge on any atom is -0.0625 e. The quantitative estimate of drug-likeness (QED) is 0.260. The van der Waals surface area contributed by atoms with Crippen molar-refractivity contribution in [3.63, 3.8) is 0 Å². The summed E-state index contributed by atoms with van der Waals surface area (Å²) < 4.78 is 0. The number of hydrogen-bond acceptors (Lipinski definition) is 0. The molecule has 0 amide bonds. The molecule has 0 fully saturated rings. The molecule has 0 radical (unpaired) electrons. The van der Waals surface area contributed by atoms with Gasteiger partial charge in [-0.2, -0.15) is 0 Å². The predicted octanol–water partition coefficient (Wildman–Crippen LogP) is 13.3. The van der Waals surface area contributed by atoms with Gasteiger partial charge in [-0.15, -0.1) is 0 Å². The summed E-state index contributed by atoms with van der Waals surface area (Å²) in [5.41, 5.74) is 27.0. The number of hydrogen-bond donors (Lipinski definition) is 0. The summed E-state index contributed by atoms with van der Waals surface area (Å²) in [4.78, 5) is 0. The summed E-state index contributed by atoms with van der Waals surface area (Å²) in [6.45, 7) is 47.6. The SMILES string of the molecule is Cc1c(C)c(C)c(CC(C)C)c(C)c1C.Cc1c(C)c(C)c(CC(C)C)c(C)c1C.Cc1c(C)c(C)c(CC(C)C)c(C)c1C. The Morgan fingerprint density at radius 3 is 0.444 bits per heavy atom. The first-order chi connectivity index (χ1) is 20.6. The van der Waals surface area contributed by atoms with Crippen molar-refractivity contribution >= 4 is 0 Å². The van der Waals surface area contributed by atoms with Crippen molar-refractivity contribution in [1.29, 1.82) is 0 Å². The van der Waals surface area contributed by atoms with Crippen LogP contribution in [0.4, 0.5) is 0 Å². The maximum Gasteiger partial charge on any atom is -0.0250 e. The number of benzene rings is 3. The molecule has 0 atom stereocenters. The summed E-state index contributed by atoms with van der Waals surface area (Å²) in [7, 11) is 0. The van der Waals surface area contributed by atoms with Crippen molar-refractivity contribution in [3.05, 3.63) is 100 Å². The van der Waals surface area contributed by atoms with E-state index in [2.05, 4.69) is 145 Å². The second kappa shape index (κ2) is 17.0. The lowest BCUT2D eigenvalue weighted by molar-refractivity contribution is 0.641. The molecular formula is C45H72. The third kappa shape index (κ3) is 9.83. The fourth-order valence-corrected chi connectivity index (χ4v) is 6.88. The van der Waals surface area contributed by atoms with Gasteiger partial charge in [0, 0.05) is 0 Å². The summed E-state index contributed by atoms with van der Waals surface area (Å²) in [5.74, 6) is 2.22. The Morgan fingerprint density at radius 1 is 0.222 bits per heavy atom. The van der Waals surface area contributed by atoms with E-state index in [0.717, 1.165) is 17.8 Å². The molecule has 0 aliphatic carbocycles. The van der Waals surface area contributed by atoms with Crippen LogP contribution < -0.4 is 0 Å². The Balaban J connectivity index is 0.000000337. The van der Waals surface area contributed by atoms with Gasteiger partial charge in [0.15, 0.2) is 0 Å². The first kappa shape index (κ1) is 40.7. The van der Waals surface area contributed by atoms with Crippen LogP contribution in [0.2, 0.25) is 0 Å². The van der Waals surface area contributed by atoms with Crippen LogP contribution in [0.1, 0.15) is 142 Å². The monoisotopic (exact) mass is 613 g/mol. The van der Waals surface area contributed by atoms with E-state index in [1.54, 1.807) is 16.7 Å². The largest absolute Gasteiger partial charge is 0.0625 e. The summed E-state index contributed by atoms with van der Waals surface area (Å²) in [6, 6.07) is 0. The molecule has 0 saturated heterocycles. The Hall–Kier alpha value is -2.34. The standard InChI is InChI=1S/3C15H24/c3*1-9(2)8-15-13(6)11(4)10(3)12(5)14(15)7/h3*9H,8H2,1-7H3. The van der Waals surface area contributed by atoms with Crippen molar-refractivity contribution < 1.29 is 0 Å². The molecule has 3 aromatic carbocycles. The molecule has 3 aromatic rings. The van der Waals surface area contributed by atoms with E-state index in [4.69, 9.17) is 0 Å². The summed E-state index contributed by atoms with van der Waals surface area (Å²) >= 11 is 0. The zero-order valence-electron chi connectivity index (χ0n) is 33.9. The van der Waals surface area contributed by atoms with Crippen LogP contribution in [0.5, 0.6) is 0 Å². The van der Waals surface area contributed by atoms with E-state index in [1.807, 2.05) is 0 Å². The fourth-order valence-electron chi connectivity index (χ4n) is 6.88. The van der Waals surface area contributed by atoms with Crippen LogP contribution in [0.15, 0.2) is 0 Å². The minimum absolute atomic E-state index is 0.740. The molecule has 0 unspecified atom stereocenters. The normalized spacial score (nSPS) is 11.2. The average molecular weight is 613 g/mol. The maximum absolute atomic E-state index is 2.30. The zero-order valence-corrected chi connectivity index (χ0v) is 33.9. The first-order valence-electron chi connectivity index (χ1n) is 17.7. The molecule has 45 heavy (non-hydrogen) atoms. The van der Waals surface area contributed by atoms with Gasteiger partial charge in [-0.25, -0.2) is 0 Å². The van der Waals surface area contributed by atoms with Gasteiger partial charge >= 0.3 is 0 Å². The molecule has 0 N–H and O–H groups in total. The molecule has 0 aliphatic heterocycles. The van der Waals surface area contributed by atoms with Gasteiger partial charge in [-0.05, 0) is 241 Å². The molecule has 0 bridgehead atoms. The lowest BCUT2D eigenvalue weighted by Crippen LogP contribution is -2.05. The van der Waals surface area contributed by atoms with Crippen LogP contribution in [-0.2, 0) is 19.3 Å². The van der Waals surface area contributed by atoms with Gasteiger partial charge in [0.1, 0.15) is 0 Å². The van der Waals surface area contributed by atoms with E-state index < -0.39 is 0 Å². The molecule has 0 aromatic heterocycles. The van der Waals surface area contributed by atoms with E-state index in [1.165, 1.54) is 103 Å². The van der Waals surface area contributed by atoms with Crippen LogP contribution in [-0.4, -0.2) is 0 Å². The lowest BCUT2D eigenvalue weighted by Gasteiger charge is -2.19. The lowest BCUT2D eigenvalue weighted by atomic mass is 9.86. The third-order valence-corrected chi connectivity index (χ3v) is 11.3. The average Bonchev–Trinajstić information content (AvgIpc) is 2.98. The highest BCUT2D eigenvalue weighted by atomic mass is 14.2. The first-order valence-corrected chi connectivity index (χ1v) is 17.7. The summed E-state index contributed by atoms with van der Waals surface area (Å²) in [6.07, 6.45) is 3.62. The fraction of sp³-hybridized carbons (Fsp3) is 0.600. The van der Waals surface area contributed by atoms with Gasteiger partial charge in [0.25, 0.3) is 0 Å². The van der Waals surface area contributed by atoms with E-state index in [-0.39, 0.29) is 0 Å². The molecule has 0 aliphatic rings. The second-order valence-electron chi connectivity index (χ2n) is 15.6. The topological polar surface area (TPSA) is 0 Å². The predicted molar refractivity (Wildman–Crippen MR) is 206 cm³/mol.